The van der Waals surface area contributed by atoms with E-state index in [4.69, 9.17) is 9.73 Å². The van der Waals surface area contributed by atoms with Crippen LogP contribution in [0.3, 0.4) is 0 Å². The van der Waals surface area contributed by atoms with Crippen molar-refractivity contribution in [2.24, 2.45) is 10.9 Å². The number of ether oxygens (including phenoxy) is 1. The van der Waals surface area contributed by atoms with Crippen molar-refractivity contribution in [3.63, 3.8) is 0 Å². The zero-order valence-electron chi connectivity index (χ0n) is 17.2. The lowest BCUT2D eigenvalue weighted by atomic mass is 10.1. The van der Waals surface area contributed by atoms with Crippen LogP contribution in [0.15, 0.2) is 46.8 Å². The maximum atomic E-state index is 5.36. The van der Waals surface area contributed by atoms with Gasteiger partial charge in [0, 0.05) is 56.4 Å². The fraction of sp³-hybridized carbons (Fsp3) is 0.500. The first-order valence-corrected chi connectivity index (χ1v) is 11.0. The molecule has 1 fully saturated rings. The van der Waals surface area contributed by atoms with Crippen LogP contribution in [0.25, 0.3) is 0 Å². The molecule has 6 heteroatoms. The Kier molecular flexibility index (Phi) is 7.60. The highest BCUT2D eigenvalue weighted by Gasteiger charge is 2.23. The van der Waals surface area contributed by atoms with Gasteiger partial charge in [-0.3, -0.25) is 4.99 Å². The number of likely N-dealkylation sites (N-methyl/N-ethyl adjacent to an activating group) is 1. The van der Waals surface area contributed by atoms with Gasteiger partial charge in [0.2, 0.25) is 0 Å². The van der Waals surface area contributed by atoms with Crippen LogP contribution in [0, 0.1) is 5.92 Å². The molecule has 1 aromatic heterocycles. The van der Waals surface area contributed by atoms with Crippen molar-refractivity contribution in [2.75, 3.05) is 51.8 Å². The molecule has 2 heterocycles. The second-order valence-electron chi connectivity index (χ2n) is 7.25. The Morgan fingerprint density at radius 1 is 1.36 bits per heavy atom. The molecule has 3 rings (SSSR count). The molecule has 5 nitrogen and oxygen atoms in total. The molecule has 1 aliphatic heterocycles. The number of aliphatic imine (C=N–C) groups is 1. The number of nitrogens with one attached hydrogen (secondary N) is 1. The van der Waals surface area contributed by atoms with Crippen LogP contribution in [0.2, 0.25) is 0 Å². The number of hydrogen-bond donors (Lipinski definition) is 1. The van der Waals surface area contributed by atoms with Crippen molar-refractivity contribution < 1.29 is 4.74 Å². The predicted octanol–water partition coefficient (Wildman–Crippen LogP) is 3.72. The maximum Gasteiger partial charge on any atom is 0.193 e. The third-order valence-electron chi connectivity index (χ3n) is 5.17. The Labute approximate surface area is 173 Å². The number of rotatable bonds is 8. The summed E-state index contributed by atoms with van der Waals surface area (Å²) in [5.74, 6) is 2.52. The molecule has 1 unspecified atom stereocenters. The number of hydrogen-bond acceptors (Lipinski definition) is 4. The van der Waals surface area contributed by atoms with Gasteiger partial charge >= 0.3 is 0 Å². The summed E-state index contributed by atoms with van der Waals surface area (Å²) in [7, 11) is 3.85. The van der Waals surface area contributed by atoms with E-state index in [0.29, 0.717) is 5.92 Å². The highest BCUT2D eigenvalue weighted by Crippen LogP contribution is 2.27. The van der Waals surface area contributed by atoms with Gasteiger partial charge in [-0.1, -0.05) is 12.1 Å². The first-order chi connectivity index (χ1) is 13.7. The van der Waals surface area contributed by atoms with Crippen LogP contribution in [-0.2, 0) is 6.42 Å². The van der Waals surface area contributed by atoms with Gasteiger partial charge in [0.25, 0.3) is 0 Å². The van der Waals surface area contributed by atoms with Crippen LogP contribution in [-0.4, -0.2) is 57.7 Å². The molecule has 1 aromatic carbocycles. The molecule has 0 aliphatic carbocycles. The Morgan fingerprint density at radius 2 is 2.25 bits per heavy atom. The van der Waals surface area contributed by atoms with E-state index < -0.39 is 0 Å². The first kappa shape index (κ1) is 20.5. The summed E-state index contributed by atoms with van der Waals surface area (Å²) in [5, 5.41) is 5.59. The molecule has 152 valence electrons. The van der Waals surface area contributed by atoms with E-state index in [9.17, 15) is 0 Å². The van der Waals surface area contributed by atoms with E-state index in [0.717, 1.165) is 50.9 Å². The van der Waals surface area contributed by atoms with Crippen LogP contribution < -0.4 is 15.0 Å². The average molecular weight is 401 g/mol. The third kappa shape index (κ3) is 5.64. The molecule has 0 amide bonds. The number of benzene rings is 1. The fourth-order valence-corrected chi connectivity index (χ4v) is 4.25. The average Bonchev–Trinajstić information content (AvgIpc) is 3.41. The molecule has 1 atom stereocenters. The molecule has 0 bridgehead atoms. The summed E-state index contributed by atoms with van der Waals surface area (Å²) < 4.78 is 5.36. The highest BCUT2D eigenvalue weighted by atomic mass is 32.1. The Hall–Kier alpha value is -2.21. The van der Waals surface area contributed by atoms with Gasteiger partial charge in [-0.25, -0.2) is 0 Å². The standard InChI is InChI=1S/C22H32N4OS/c1-4-23-22(25(2)12-11-21-9-6-14-28-21)24-16-18-10-13-26(17-18)19-7-5-8-20(15-19)27-3/h5-9,14-15,18H,4,10-13,16-17H2,1-3H3,(H,23,24). The minimum Gasteiger partial charge on any atom is -0.497 e. The molecule has 0 saturated carbocycles. The smallest absolute Gasteiger partial charge is 0.193 e. The summed E-state index contributed by atoms with van der Waals surface area (Å²) >= 11 is 1.82. The van der Waals surface area contributed by atoms with Gasteiger partial charge in [0.1, 0.15) is 5.75 Å². The van der Waals surface area contributed by atoms with E-state index in [1.165, 1.54) is 17.0 Å². The van der Waals surface area contributed by atoms with E-state index in [1.54, 1.807) is 7.11 Å². The van der Waals surface area contributed by atoms with E-state index in [2.05, 4.69) is 64.8 Å². The molecule has 0 spiro atoms. The van der Waals surface area contributed by atoms with Crippen molar-refractivity contribution in [2.45, 2.75) is 19.8 Å². The van der Waals surface area contributed by atoms with Gasteiger partial charge < -0.3 is 19.9 Å². The van der Waals surface area contributed by atoms with Gasteiger partial charge in [-0.05, 0) is 49.3 Å². The Morgan fingerprint density at radius 3 is 3.00 bits per heavy atom. The van der Waals surface area contributed by atoms with Crippen LogP contribution in [0.1, 0.15) is 18.2 Å². The first-order valence-electron chi connectivity index (χ1n) is 10.1. The largest absolute Gasteiger partial charge is 0.497 e. The predicted molar refractivity (Wildman–Crippen MR) is 120 cm³/mol. The molecule has 0 radical (unpaired) electrons. The topological polar surface area (TPSA) is 40.1 Å². The minimum absolute atomic E-state index is 0.588. The second kappa shape index (κ2) is 10.4. The Bertz CT molecular complexity index is 747. The summed E-state index contributed by atoms with van der Waals surface area (Å²) in [4.78, 5) is 11.1. The summed E-state index contributed by atoms with van der Waals surface area (Å²) in [5.41, 5.74) is 1.24. The van der Waals surface area contributed by atoms with Crippen molar-refractivity contribution in [1.82, 2.24) is 10.2 Å². The lowest BCUT2D eigenvalue weighted by Crippen LogP contribution is -2.40. The van der Waals surface area contributed by atoms with E-state index in [-0.39, 0.29) is 0 Å². The monoisotopic (exact) mass is 400 g/mol. The van der Waals surface area contributed by atoms with Crippen molar-refractivity contribution >= 4 is 23.0 Å². The molecule has 2 aromatic rings. The number of thiophene rings is 1. The summed E-state index contributed by atoms with van der Waals surface area (Å²) in [6.45, 7) is 7.00. The van der Waals surface area contributed by atoms with Crippen LogP contribution in [0.4, 0.5) is 5.69 Å². The molecule has 1 N–H and O–H groups in total. The number of anilines is 1. The van der Waals surface area contributed by atoms with Gasteiger partial charge in [0.15, 0.2) is 5.96 Å². The van der Waals surface area contributed by atoms with Crippen molar-refractivity contribution in [3.05, 3.63) is 46.7 Å². The van der Waals surface area contributed by atoms with Gasteiger partial charge in [-0.2, -0.15) is 0 Å². The van der Waals surface area contributed by atoms with Crippen LogP contribution >= 0.6 is 11.3 Å². The molecule has 1 aliphatic rings. The molecular weight excluding hydrogens is 368 g/mol. The van der Waals surface area contributed by atoms with E-state index in [1.807, 2.05) is 17.4 Å². The zero-order valence-corrected chi connectivity index (χ0v) is 18.0. The Balaban J connectivity index is 1.54. The second-order valence-corrected chi connectivity index (χ2v) is 8.28. The van der Waals surface area contributed by atoms with Gasteiger partial charge in [0.05, 0.1) is 7.11 Å². The van der Waals surface area contributed by atoms with Gasteiger partial charge in [-0.15, -0.1) is 11.3 Å². The zero-order chi connectivity index (χ0) is 19.8. The third-order valence-corrected chi connectivity index (χ3v) is 6.11. The normalized spacial score (nSPS) is 17.0. The highest BCUT2D eigenvalue weighted by molar-refractivity contribution is 7.09. The fourth-order valence-electron chi connectivity index (χ4n) is 3.55. The van der Waals surface area contributed by atoms with Crippen molar-refractivity contribution in [3.8, 4) is 5.75 Å². The number of nitrogens with zero attached hydrogens (tertiary/aromatic N) is 3. The number of methoxy groups -OCH3 is 1. The number of guanidine groups is 1. The quantitative estimate of drug-likeness (QED) is 0.542. The maximum absolute atomic E-state index is 5.36. The summed E-state index contributed by atoms with van der Waals surface area (Å²) in [6, 6.07) is 12.7. The lowest BCUT2D eigenvalue weighted by molar-refractivity contribution is 0.415. The van der Waals surface area contributed by atoms with E-state index >= 15 is 0 Å². The van der Waals surface area contributed by atoms with Crippen LogP contribution in [0.5, 0.6) is 5.75 Å². The lowest BCUT2D eigenvalue weighted by Gasteiger charge is -2.22. The minimum atomic E-state index is 0.588. The van der Waals surface area contributed by atoms with Crippen molar-refractivity contribution in [1.29, 1.82) is 0 Å². The molecular formula is C22H32N4OS. The summed E-state index contributed by atoms with van der Waals surface area (Å²) in [6.07, 6.45) is 2.24. The molecule has 1 saturated heterocycles. The SMILES string of the molecule is CCNC(=NCC1CCN(c2cccc(OC)c2)C1)N(C)CCc1cccs1. The molecule has 28 heavy (non-hydrogen) atoms.